The maximum absolute atomic E-state index is 10.9. The zero-order valence-electron chi connectivity index (χ0n) is 9.50. The highest BCUT2D eigenvalue weighted by Gasteiger charge is 2.13. The Morgan fingerprint density at radius 3 is 1.64 bits per heavy atom. The maximum atomic E-state index is 10.9. The molecular weight excluding hydrogens is 176 g/mol. The van der Waals surface area contributed by atoms with Crippen LogP contribution in [0.1, 0.15) is 40.5 Å². The fraction of sp³-hybridized carbons (Fsp3) is 0.583. The zero-order valence-corrected chi connectivity index (χ0v) is 9.50. The second-order valence-electron chi connectivity index (χ2n) is 4.07. The van der Waals surface area contributed by atoms with Crippen LogP contribution in [0.15, 0.2) is 23.3 Å². The quantitative estimate of drug-likeness (QED) is 0.684. The lowest BCUT2D eigenvalue weighted by Gasteiger charge is -2.07. The van der Waals surface area contributed by atoms with Gasteiger partial charge in [0.05, 0.1) is 5.92 Å². The van der Waals surface area contributed by atoms with E-state index in [-0.39, 0.29) is 5.92 Å². The zero-order chi connectivity index (χ0) is 11.1. The Kier molecular flexibility index (Phi) is 5.93. The summed E-state index contributed by atoms with van der Waals surface area (Å²) in [6.07, 6.45) is 5.22. The third-order valence-corrected chi connectivity index (χ3v) is 1.97. The SMILES string of the molecule is CC(C)=CCC(CC=C(C)C)C(=O)O. The van der Waals surface area contributed by atoms with Crippen LogP contribution >= 0.6 is 0 Å². The van der Waals surface area contributed by atoms with Crippen molar-refractivity contribution < 1.29 is 9.90 Å². The summed E-state index contributed by atoms with van der Waals surface area (Å²) in [5.41, 5.74) is 2.35. The number of hydrogen-bond acceptors (Lipinski definition) is 1. The summed E-state index contributed by atoms with van der Waals surface area (Å²) >= 11 is 0. The highest BCUT2D eigenvalue weighted by Crippen LogP contribution is 2.13. The number of carbonyl (C=O) groups is 1. The molecule has 80 valence electrons. The van der Waals surface area contributed by atoms with Crippen LogP contribution in [0.25, 0.3) is 0 Å². The molecule has 0 saturated heterocycles. The van der Waals surface area contributed by atoms with Gasteiger partial charge in [-0.25, -0.2) is 0 Å². The van der Waals surface area contributed by atoms with Crippen LogP contribution in [0.5, 0.6) is 0 Å². The van der Waals surface area contributed by atoms with Crippen LogP contribution in [0.2, 0.25) is 0 Å². The number of carboxylic acid groups (broad SMARTS) is 1. The van der Waals surface area contributed by atoms with E-state index in [1.165, 1.54) is 11.1 Å². The van der Waals surface area contributed by atoms with Crippen molar-refractivity contribution in [3.63, 3.8) is 0 Å². The lowest BCUT2D eigenvalue weighted by atomic mass is 9.99. The molecule has 0 aromatic carbocycles. The third kappa shape index (κ3) is 6.46. The molecule has 0 aliphatic rings. The van der Waals surface area contributed by atoms with Gasteiger partial charge in [0.15, 0.2) is 0 Å². The molecular formula is C12H20O2. The molecule has 0 radical (unpaired) electrons. The first-order valence-electron chi connectivity index (χ1n) is 4.93. The standard InChI is InChI=1S/C12H20O2/c1-9(2)5-7-11(12(13)14)8-6-10(3)4/h5-6,11H,7-8H2,1-4H3,(H,13,14). The molecule has 0 aliphatic carbocycles. The van der Waals surface area contributed by atoms with Crippen molar-refractivity contribution in [1.29, 1.82) is 0 Å². The van der Waals surface area contributed by atoms with E-state index in [0.717, 1.165) is 0 Å². The van der Waals surface area contributed by atoms with Crippen LogP contribution in [0.4, 0.5) is 0 Å². The molecule has 0 atom stereocenters. The second kappa shape index (κ2) is 6.41. The Labute approximate surface area is 86.3 Å². The van der Waals surface area contributed by atoms with Crippen LogP contribution in [-0.4, -0.2) is 11.1 Å². The molecule has 0 bridgehead atoms. The van der Waals surface area contributed by atoms with Gasteiger partial charge in [0.2, 0.25) is 0 Å². The van der Waals surface area contributed by atoms with E-state index in [9.17, 15) is 4.79 Å². The van der Waals surface area contributed by atoms with E-state index in [1.54, 1.807) is 0 Å². The van der Waals surface area contributed by atoms with Gasteiger partial charge in [-0.05, 0) is 40.5 Å². The van der Waals surface area contributed by atoms with Crippen molar-refractivity contribution in [2.75, 3.05) is 0 Å². The van der Waals surface area contributed by atoms with Crippen molar-refractivity contribution in [1.82, 2.24) is 0 Å². The minimum atomic E-state index is -0.708. The lowest BCUT2D eigenvalue weighted by Crippen LogP contribution is -2.12. The first kappa shape index (κ1) is 12.9. The number of allylic oxidation sites excluding steroid dienone is 4. The van der Waals surface area contributed by atoms with Gasteiger partial charge in [-0.1, -0.05) is 23.3 Å². The van der Waals surface area contributed by atoms with Crippen molar-refractivity contribution >= 4 is 5.97 Å². The van der Waals surface area contributed by atoms with Crippen molar-refractivity contribution in [3.8, 4) is 0 Å². The predicted octanol–water partition coefficient (Wildman–Crippen LogP) is 3.40. The molecule has 0 amide bonds. The minimum Gasteiger partial charge on any atom is -0.481 e. The van der Waals surface area contributed by atoms with Crippen LogP contribution in [0, 0.1) is 5.92 Å². The van der Waals surface area contributed by atoms with Crippen LogP contribution in [-0.2, 0) is 4.79 Å². The second-order valence-corrected chi connectivity index (χ2v) is 4.07. The van der Waals surface area contributed by atoms with Crippen molar-refractivity contribution in [3.05, 3.63) is 23.3 Å². The highest BCUT2D eigenvalue weighted by atomic mass is 16.4. The van der Waals surface area contributed by atoms with Crippen molar-refractivity contribution in [2.45, 2.75) is 40.5 Å². The molecule has 1 N–H and O–H groups in total. The summed E-state index contributed by atoms with van der Waals surface area (Å²) in [4.78, 5) is 10.9. The van der Waals surface area contributed by atoms with Crippen LogP contribution < -0.4 is 0 Å². The molecule has 0 aromatic rings. The van der Waals surface area contributed by atoms with E-state index in [4.69, 9.17) is 5.11 Å². The molecule has 2 nitrogen and oxygen atoms in total. The monoisotopic (exact) mass is 196 g/mol. The van der Waals surface area contributed by atoms with Gasteiger partial charge in [-0.3, -0.25) is 4.79 Å². The lowest BCUT2D eigenvalue weighted by molar-refractivity contribution is -0.141. The van der Waals surface area contributed by atoms with Gasteiger partial charge in [0.25, 0.3) is 0 Å². The minimum absolute atomic E-state index is 0.278. The summed E-state index contributed by atoms with van der Waals surface area (Å²) in [5, 5.41) is 8.94. The van der Waals surface area contributed by atoms with Gasteiger partial charge in [-0.2, -0.15) is 0 Å². The Morgan fingerprint density at radius 2 is 1.43 bits per heavy atom. The molecule has 0 saturated carbocycles. The summed E-state index contributed by atoms with van der Waals surface area (Å²) in [5.74, 6) is -0.986. The van der Waals surface area contributed by atoms with E-state index in [2.05, 4.69) is 0 Å². The number of carboxylic acids is 1. The fourth-order valence-electron chi connectivity index (χ4n) is 1.05. The molecule has 0 heterocycles. The highest BCUT2D eigenvalue weighted by molar-refractivity contribution is 5.70. The molecule has 0 aliphatic heterocycles. The average molecular weight is 196 g/mol. The Balaban J connectivity index is 4.24. The van der Waals surface area contributed by atoms with Gasteiger partial charge >= 0.3 is 5.97 Å². The Morgan fingerprint density at radius 1 is 1.07 bits per heavy atom. The van der Waals surface area contributed by atoms with Gasteiger partial charge in [-0.15, -0.1) is 0 Å². The molecule has 14 heavy (non-hydrogen) atoms. The molecule has 0 aromatic heterocycles. The summed E-state index contributed by atoms with van der Waals surface area (Å²) < 4.78 is 0. The predicted molar refractivity (Wildman–Crippen MR) is 59.2 cm³/mol. The largest absolute Gasteiger partial charge is 0.481 e. The number of rotatable bonds is 5. The fourth-order valence-corrected chi connectivity index (χ4v) is 1.05. The van der Waals surface area contributed by atoms with Gasteiger partial charge in [0, 0.05) is 0 Å². The van der Waals surface area contributed by atoms with E-state index in [0.29, 0.717) is 12.8 Å². The Bertz CT molecular complexity index is 221. The third-order valence-electron chi connectivity index (χ3n) is 1.97. The number of aliphatic carboxylic acids is 1. The first-order valence-corrected chi connectivity index (χ1v) is 4.93. The molecule has 0 fully saturated rings. The maximum Gasteiger partial charge on any atom is 0.307 e. The molecule has 2 heteroatoms. The normalized spacial score (nSPS) is 9.79. The Hall–Kier alpha value is -1.05. The van der Waals surface area contributed by atoms with Gasteiger partial charge in [0.1, 0.15) is 0 Å². The molecule has 0 unspecified atom stereocenters. The topological polar surface area (TPSA) is 37.3 Å². The first-order chi connectivity index (χ1) is 6.43. The number of hydrogen-bond donors (Lipinski definition) is 1. The van der Waals surface area contributed by atoms with E-state index < -0.39 is 5.97 Å². The van der Waals surface area contributed by atoms with E-state index >= 15 is 0 Å². The average Bonchev–Trinajstić information content (AvgIpc) is 2.02. The van der Waals surface area contributed by atoms with Crippen LogP contribution in [0.3, 0.4) is 0 Å². The summed E-state index contributed by atoms with van der Waals surface area (Å²) in [7, 11) is 0. The summed E-state index contributed by atoms with van der Waals surface area (Å²) in [6.45, 7) is 7.94. The van der Waals surface area contributed by atoms with E-state index in [1.807, 2.05) is 39.8 Å². The molecule has 0 rings (SSSR count). The molecule has 0 spiro atoms. The smallest absolute Gasteiger partial charge is 0.307 e. The van der Waals surface area contributed by atoms with Crippen molar-refractivity contribution in [2.24, 2.45) is 5.92 Å². The summed E-state index contributed by atoms with van der Waals surface area (Å²) in [6, 6.07) is 0. The van der Waals surface area contributed by atoms with Gasteiger partial charge < -0.3 is 5.11 Å².